The minimum Gasteiger partial charge on any atom is -0.497 e. The van der Waals surface area contributed by atoms with Crippen LogP contribution in [0.2, 0.25) is 0 Å². The summed E-state index contributed by atoms with van der Waals surface area (Å²) in [4.78, 5) is 17.4. The van der Waals surface area contributed by atoms with Crippen molar-refractivity contribution in [2.45, 2.75) is 52.5 Å². The molecule has 0 radical (unpaired) electrons. The van der Waals surface area contributed by atoms with Gasteiger partial charge in [-0.15, -0.1) is 0 Å². The second kappa shape index (κ2) is 12.9. The van der Waals surface area contributed by atoms with E-state index in [1.807, 2.05) is 62.4 Å². The van der Waals surface area contributed by atoms with Crippen molar-refractivity contribution < 1.29 is 14.3 Å². The van der Waals surface area contributed by atoms with E-state index in [9.17, 15) is 4.79 Å². The fraction of sp³-hybridized carbons (Fsp3) is 0.355. The number of aryl methyl sites for hydroxylation is 4. The molecule has 37 heavy (non-hydrogen) atoms. The summed E-state index contributed by atoms with van der Waals surface area (Å²) in [6.45, 7) is 6.19. The van der Waals surface area contributed by atoms with Crippen LogP contribution < -0.4 is 14.8 Å². The maximum atomic E-state index is 12.5. The molecule has 1 heterocycles. The second-order valence-corrected chi connectivity index (χ2v) is 9.43. The molecule has 0 unspecified atom stereocenters. The molecule has 4 aromatic rings. The summed E-state index contributed by atoms with van der Waals surface area (Å²) in [5.41, 5.74) is 5.15. The summed E-state index contributed by atoms with van der Waals surface area (Å²) >= 11 is 0. The summed E-state index contributed by atoms with van der Waals surface area (Å²) in [5, 5.41) is 3.06. The molecule has 1 N–H and O–H groups in total. The van der Waals surface area contributed by atoms with Gasteiger partial charge in [0, 0.05) is 31.1 Å². The minimum absolute atomic E-state index is 0.00968. The Hall–Kier alpha value is -3.80. The first-order chi connectivity index (χ1) is 18.0. The molecule has 3 aromatic carbocycles. The van der Waals surface area contributed by atoms with Crippen LogP contribution in [0.25, 0.3) is 11.0 Å². The zero-order valence-electron chi connectivity index (χ0n) is 22.1. The van der Waals surface area contributed by atoms with Gasteiger partial charge < -0.3 is 19.4 Å². The van der Waals surface area contributed by atoms with Crippen LogP contribution in [0.5, 0.6) is 11.5 Å². The third-order valence-electron chi connectivity index (χ3n) is 6.56. The van der Waals surface area contributed by atoms with Gasteiger partial charge in [0.15, 0.2) is 0 Å². The van der Waals surface area contributed by atoms with Gasteiger partial charge >= 0.3 is 0 Å². The Bertz CT molecular complexity index is 1330. The van der Waals surface area contributed by atoms with Gasteiger partial charge in [0.2, 0.25) is 0 Å². The molecule has 1 aromatic heterocycles. The monoisotopic (exact) mass is 499 g/mol. The molecule has 4 rings (SSSR count). The highest BCUT2D eigenvalue weighted by atomic mass is 16.5. The number of imidazole rings is 1. The van der Waals surface area contributed by atoms with E-state index < -0.39 is 0 Å². The van der Waals surface area contributed by atoms with Gasteiger partial charge in [-0.1, -0.05) is 42.3 Å². The molecule has 0 aliphatic heterocycles. The standard InChI is InChI=1S/C31H37N3O3/c1-23-16-17-27(24(2)21-23)31(35)32-18-8-4-5-15-30-33-28-13-6-7-14-29(28)34(30)19-10-20-37-26-12-9-11-25(22-26)36-3/h6-7,9,11-14,16-17,21-22H,4-5,8,10,15,18-20H2,1-3H3,(H,32,35). The molecule has 194 valence electrons. The van der Waals surface area contributed by atoms with Gasteiger partial charge in [-0.2, -0.15) is 0 Å². The molecule has 1 amide bonds. The van der Waals surface area contributed by atoms with Crippen LogP contribution in [-0.2, 0) is 13.0 Å². The number of aromatic nitrogens is 2. The topological polar surface area (TPSA) is 65.4 Å². The van der Waals surface area contributed by atoms with Crippen LogP contribution in [0.3, 0.4) is 0 Å². The fourth-order valence-electron chi connectivity index (χ4n) is 4.62. The van der Waals surface area contributed by atoms with Crippen molar-refractivity contribution in [1.29, 1.82) is 0 Å². The number of ether oxygens (including phenoxy) is 2. The number of para-hydroxylation sites is 2. The van der Waals surface area contributed by atoms with Gasteiger partial charge in [-0.25, -0.2) is 4.98 Å². The average molecular weight is 500 g/mol. The first-order valence-corrected chi connectivity index (χ1v) is 13.1. The zero-order valence-corrected chi connectivity index (χ0v) is 22.1. The van der Waals surface area contributed by atoms with Crippen molar-refractivity contribution in [3.63, 3.8) is 0 Å². The average Bonchev–Trinajstić information content (AvgIpc) is 3.25. The predicted octanol–water partition coefficient (Wildman–Crippen LogP) is 6.27. The first kappa shape index (κ1) is 26.3. The number of rotatable bonds is 13. The van der Waals surface area contributed by atoms with Crippen molar-refractivity contribution in [2.75, 3.05) is 20.3 Å². The van der Waals surface area contributed by atoms with Gasteiger partial charge in [0.05, 0.1) is 24.8 Å². The van der Waals surface area contributed by atoms with E-state index in [0.29, 0.717) is 13.2 Å². The molecule has 0 aliphatic rings. The number of methoxy groups -OCH3 is 1. The third kappa shape index (κ3) is 7.13. The number of amides is 1. The molecule has 0 saturated carbocycles. The third-order valence-corrected chi connectivity index (χ3v) is 6.56. The number of nitrogens with zero attached hydrogens (tertiary/aromatic N) is 2. The van der Waals surface area contributed by atoms with Crippen LogP contribution in [0.4, 0.5) is 0 Å². The number of hydrogen-bond donors (Lipinski definition) is 1. The van der Waals surface area contributed by atoms with Gasteiger partial charge in [0.25, 0.3) is 5.91 Å². The molecule has 0 fully saturated rings. The van der Waals surface area contributed by atoms with E-state index in [2.05, 4.69) is 28.1 Å². The Morgan fingerprint density at radius 2 is 1.76 bits per heavy atom. The first-order valence-electron chi connectivity index (χ1n) is 13.1. The van der Waals surface area contributed by atoms with Crippen molar-refractivity contribution >= 4 is 16.9 Å². The maximum absolute atomic E-state index is 12.5. The highest BCUT2D eigenvalue weighted by Crippen LogP contribution is 2.21. The molecule has 0 aliphatic carbocycles. The number of nitrogens with one attached hydrogen (secondary N) is 1. The van der Waals surface area contributed by atoms with E-state index in [4.69, 9.17) is 14.5 Å². The van der Waals surface area contributed by atoms with E-state index in [1.165, 1.54) is 11.1 Å². The molecule has 6 nitrogen and oxygen atoms in total. The highest BCUT2D eigenvalue weighted by Gasteiger charge is 2.11. The Morgan fingerprint density at radius 1 is 0.919 bits per heavy atom. The Labute approximate surface area is 219 Å². The largest absolute Gasteiger partial charge is 0.497 e. The lowest BCUT2D eigenvalue weighted by Crippen LogP contribution is -2.25. The van der Waals surface area contributed by atoms with Gasteiger partial charge in [0.1, 0.15) is 17.3 Å². The summed E-state index contributed by atoms with van der Waals surface area (Å²) < 4.78 is 13.5. The van der Waals surface area contributed by atoms with Crippen molar-refractivity contribution in [3.8, 4) is 11.5 Å². The van der Waals surface area contributed by atoms with E-state index in [-0.39, 0.29) is 5.91 Å². The van der Waals surface area contributed by atoms with Crippen LogP contribution >= 0.6 is 0 Å². The maximum Gasteiger partial charge on any atom is 0.251 e. The normalized spacial score (nSPS) is 11.0. The number of benzene rings is 3. The van der Waals surface area contributed by atoms with Crippen molar-refractivity contribution in [2.24, 2.45) is 0 Å². The van der Waals surface area contributed by atoms with E-state index in [1.54, 1.807) is 7.11 Å². The van der Waals surface area contributed by atoms with Crippen LogP contribution in [-0.4, -0.2) is 35.7 Å². The number of carbonyl (C=O) groups excluding carboxylic acids is 1. The van der Waals surface area contributed by atoms with Gasteiger partial charge in [-0.3, -0.25) is 4.79 Å². The molecule has 6 heteroatoms. The molecular weight excluding hydrogens is 462 g/mol. The van der Waals surface area contributed by atoms with Gasteiger partial charge in [-0.05, 0) is 69.0 Å². The van der Waals surface area contributed by atoms with E-state index >= 15 is 0 Å². The number of carbonyl (C=O) groups is 1. The summed E-state index contributed by atoms with van der Waals surface area (Å²) in [6, 6.07) is 22.0. The number of unbranched alkanes of at least 4 members (excludes halogenated alkanes) is 2. The van der Waals surface area contributed by atoms with Crippen LogP contribution in [0, 0.1) is 13.8 Å². The Kier molecular flexibility index (Phi) is 9.19. The lowest BCUT2D eigenvalue weighted by atomic mass is 10.1. The highest BCUT2D eigenvalue weighted by molar-refractivity contribution is 5.95. The lowest BCUT2D eigenvalue weighted by Gasteiger charge is -2.11. The van der Waals surface area contributed by atoms with Crippen LogP contribution in [0.1, 0.15) is 53.0 Å². The second-order valence-electron chi connectivity index (χ2n) is 9.43. The number of fused-ring (bicyclic) bond motifs is 1. The quantitative estimate of drug-likeness (QED) is 0.220. The summed E-state index contributed by atoms with van der Waals surface area (Å²) in [5.74, 6) is 2.74. The summed E-state index contributed by atoms with van der Waals surface area (Å²) in [7, 11) is 1.66. The number of hydrogen-bond acceptors (Lipinski definition) is 4. The smallest absolute Gasteiger partial charge is 0.251 e. The van der Waals surface area contributed by atoms with Crippen LogP contribution in [0.15, 0.2) is 66.7 Å². The fourth-order valence-corrected chi connectivity index (χ4v) is 4.62. The van der Waals surface area contributed by atoms with Crippen molar-refractivity contribution in [1.82, 2.24) is 14.9 Å². The lowest BCUT2D eigenvalue weighted by molar-refractivity contribution is 0.0952. The van der Waals surface area contributed by atoms with Crippen molar-refractivity contribution in [3.05, 3.63) is 89.2 Å². The molecular formula is C31H37N3O3. The Morgan fingerprint density at radius 3 is 2.59 bits per heavy atom. The zero-order chi connectivity index (χ0) is 26.0. The summed E-state index contributed by atoms with van der Waals surface area (Å²) in [6.07, 6.45) is 4.81. The predicted molar refractivity (Wildman–Crippen MR) is 149 cm³/mol. The minimum atomic E-state index is 0.00968. The molecule has 0 spiro atoms. The Balaban J connectivity index is 1.25. The SMILES string of the molecule is COc1cccc(OCCCn2c(CCCCCNC(=O)c3ccc(C)cc3C)nc3ccccc32)c1. The molecule has 0 atom stereocenters. The molecule has 0 saturated heterocycles. The molecule has 0 bridgehead atoms. The van der Waals surface area contributed by atoms with E-state index in [0.717, 1.165) is 72.6 Å².